The number of hydrogen-bond donors (Lipinski definition) is 2. The van der Waals surface area contributed by atoms with E-state index in [1.165, 1.54) is 4.90 Å². The molecular formula is C10H15N5O4. The van der Waals surface area contributed by atoms with E-state index in [2.05, 4.69) is 20.3 Å². The third-order valence-electron chi connectivity index (χ3n) is 2.76. The summed E-state index contributed by atoms with van der Waals surface area (Å²) in [5, 5.41) is 9.46. The van der Waals surface area contributed by atoms with Gasteiger partial charge in [0.1, 0.15) is 6.04 Å². The molecule has 9 heteroatoms. The number of likely N-dealkylation sites (N-methyl/N-ethyl adjacent to an activating group) is 1. The number of amides is 2. The first kappa shape index (κ1) is 13.3. The Morgan fingerprint density at radius 2 is 2.32 bits per heavy atom. The van der Waals surface area contributed by atoms with E-state index >= 15 is 0 Å². The van der Waals surface area contributed by atoms with E-state index in [1.54, 1.807) is 6.92 Å². The van der Waals surface area contributed by atoms with Gasteiger partial charge in [-0.05, 0) is 17.2 Å². The molecule has 19 heavy (non-hydrogen) atoms. The van der Waals surface area contributed by atoms with Crippen molar-refractivity contribution in [1.29, 1.82) is 0 Å². The highest BCUT2D eigenvalue weighted by Crippen LogP contribution is 2.14. The fourth-order valence-electron chi connectivity index (χ4n) is 1.84. The molecule has 0 radical (unpaired) electrons. The summed E-state index contributed by atoms with van der Waals surface area (Å²) in [5.41, 5.74) is 5.39. The van der Waals surface area contributed by atoms with E-state index in [0.717, 1.165) is 0 Å². The molecule has 1 atom stereocenters. The Bertz CT molecular complexity index is 474. The Hall–Kier alpha value is -2.16. The predicted octanol–water partition coefficient (Wildman–Crippen LogP) is -1.37. The summed E-state index contributed by atoms with van der Waals surface area (Å²) in [4.78, 5) is 25.5. The fourth-order valence-corrected chi connectivity index (χ4v) is 1.84. The number of morpholine rings is 1. The van der Waals surface area contributed by atoms with Gasteiger partial charge >= 0.3 is 0 Å². The maximum Gasteiger partial charge on any atom is 0.280 e. The highest BCUT2D eigenvalue weighted by atomic mass is 16.6. The Kier molecular flexibility index (Phi) is 3.95. The van der Waals surface area contributed by atoms with Crippen LogP contribution in [0.2, 0.25) is 0 Å². The van der Waals surface area contributed by atoms with Crippen LogP contribution in [-0.2, 0) is 9.53 Å². The molecule has 104 valence electrons. The zero-order valence-electron chi connectivity index (χ0n) is 10.5. The second-order valence-corrected chi connectivity index (χ2v) is 3.98. The second-order valence-electron chi connectivity index (χ2n) is 3.98. The normalized spacial score (nSPS) is 19.2. The van der Waals surface area contributed by atoms with Gasteiger partial charge in [-0.15, -0.1) is 0 Å². The van der Waals surface area contributed by atoms with Crippen LogP contribution in [0.25, 0.3) is 0 Å². The standard InChI is InChI=1S/C10H15N5O4/c1-2-12-9(16)6-5-18-4-3-15(6)10(17)7-8(11)14-19-13-7/h6H,2-5H2,1H3,(H2,11,14)(H,12,16). The minimum Gasteiger partial charge on any atom is -0.379 e. The molecule has 1 aliphatic heterocycles. The van der Waals surface area contributed by atoms with Crippen LogP contribution < -0.4 is 11.1 Å². The van der Waals surface area contributed by atoms with Crippen molar-refractivity contribution in [2.24, 2.45) is 0 Å². The van der Waals surface area contributed by atoms with Crippen LogP contribution in [0.4, 0.5) is 5.82 Å². The van der Waals surface area contributed by atoms with Gasteiger partial charge in [0, 0.05) is 13.1 Å². The number of carbonyl (C=O) groups excluding carboxylic acids is 2. The van der Waals surface area contributed by atoms with Gasteiger partial charge in [0.25, 0.3) is 5.91 Å². The maximum absolute atomic E-state index is 12.2. The van der Waals surface area contributed by atoms with E-state index in [-0.39, 0.29) is 30.6 Å². The molecule has 1 aliphatic rings. The van der Waals surface area contributed by atoms with Crippen LogP contribution in [0.15, 0.2) is 4.63 Å². The van der Waals surface area contributed by atoms with Crippen LogP contribution in [0, 0.1) is 0 Å². The number of nitrogens with zero attached hydrogens (tertiary/aromatic N) is 3. The Morgan fingerprint density at radius 3 is 2.95 bits per heavy atom. The van der Waals surface area contributed by atoms with Crippen molar-refractivity contribution in [2.75, 3.05) is 32.0 Å². The first-order valence-corrected chi connectivity index (χ1v) is 5.89. The Balaban J connectivity index is 2.18. The van der Waals surface area contributed by atoms with Gasteiger partial charge in [0.2, 0.25) is 17.4 Å². The van der Waals surface area contributed by atoms with Crippen molar-refractivity contribution in [1.82, 2.24) is 20.5 Å². The van der Waals surface area contributed by atoms with Gasteiger partial charge in [0.15, 0.2) is 0 Å². The number of nitrogen functional groups attached to an aromatic ring is 1. The summed E-state index contributed by atoms with van der Waals surface area (Å²) in [6, 6.07) is -0.697. The first-order valence-electron chi connectivity index (χ1n) is 5.89. The van der Waals surface area contributed by atoms with Crippen LogP contribution in [0.1, 0.15) is 17.4 Å². The second kappa shape index (κ2) is 5.65. The monoisotopic (exact) mass is 269 g/mol. The molecule has 0 aliphatic carbocycles. The number of ether oxygens (including phenoxy) is 1. The molecule has 9 nitrogen and oxygen atoms in total. The number of aromatic nitrogens is 2. The van der Waals surface area contributed by atoms with E-state index in [9.17, 15) is 9.59 Å². The molecule has 0 aromatic carbocycles. The molecule has 2 heterocycles. The lowest BCUT2D eigenvalue weighted by atomic mass is 10.2. The molecule has 1 unspecified atom stereocenters. The van der Waals surface area contributed by atoms with Gasteiger partial charge in [-0.3, -0.25) is 9.59 Å². The molecule has 1 aromatic heterocycles. The van der Waals surface area contributed by atoms with Gasteiger partial charge in [0.05, 0.1) is 13.2 Å². The van der Waals surface area contributed by atoms with Gasteiger partial charge in [-0.2, -0.15) is 0 Å². The number of carbonyl (C=O) groups is 2. The maximum atomic E-state index is 12.2. The van der Waals surface area contributed by atoms with Crippen LogP contribution in [0.3, 0.4) is 0 Å². The van der Waals surface area contributed by atoms with Crippen molar-refractivity contribution in [2.45, 2.75) is 13.0 Å². The van der Waals surface area contributed by atoms with Crippen LogP contribution in [-0.4, -0.2) is 59.4 Å². The molecule has 0 spiro atoms. The van der Waals surface area contributed by atoms with Crippen LogP contribution >= 0.6 is 0 Å². The summed E-state index contributed by atoms with van der Waals surface area (Å²) in [6.07, 6.45) is 0. The quantitative estimate of drug-likeness (QED) is 0.693. The van der Waals surface area contributed by atoms with Crippen molar-refractivity contribution < 1.29 is 19.0 Å². The average molecular weight is 269 g/mol. The van der Waals surface area contributed by atoms with E-state index in [1.807, 2.05) is 0 Å². The largest absolute Gasteiger partial charge is 0.379 e. The number of rotatable bonds is 3. The molecule has 2 amide bonds. The summed E-state index contributed by atoms with van der Waals surface area (Å²) in [6.45, 7) is 3.06. The SMILES string of the molecule is CCNC(=O)C1COCCN1C(=O)c1nonc1N. The number of nitrogens with two attached hydrogens (primary N) is 1. The molecule has 3 N–H and O–H groups in total. The Labute approximate surface area is 109 Å². The highest BCUT2D eigenvalue weighted by molar-refractivity contribution is 5.99. The lowest BCUT2D eigenvalue weighted by Crippen LogP contribution is -2.56. The van der Waals surface area contributed by atoms with Crippen molar-refractivity contribution >= 4 is 17.6 Å². The van der Waals surface area contributed by atoms with E-state index < -0.39 is 11.9 Å². The molecular weight excluding hydrogens is 254 g/mol. The molecule has 1 saturated heterocycles. The fraction of sp³-hybridized carbons (Fsp3) is 0.600. The number of hydrogen-bond acceptors (Lipinski definition) is 7. The predicted molar refractivity (Wildman–Crippen MR) is 63.0 cm³/mol. The Morgan fingerprint density at radius 1 is 1.53 bits per heavy atom. The van der Waals surface area contributed by atoms with Gasteiger partial charge in [-0.25, -0.2) is 4.63 Å². The third kappa shape index (κ3) is 2.65. The molecule has 2 rings (SSSR count). The van der Waals surface area contributed by atoms with Gasteiger partial charge in [-0.1, -0.05) is 0 Å². The zero-order chi connectivity index (χ0) is 13.8. The number of anilines is 1. The number of nitrogens with one attached hydrogen (secondary N) is 1. The molecule has 1 fully saturated rings. The summed E-state index contributed by atoms with van der Waals surface area (Å²) in [5.74, 6) is -0.852. The van der Waals surface area contributed by atoms with Crippen molar-refractivity contribution in [3.8, 4) is 0 Å². The highest BCUT2D eigenvalue weighted by Gasteiger charge is 2.35. The smallest absolute Gasteiger partial charge is 0.280 e. The molecule has 0 bridgehead atoms. The molecule has 0 saturated carbocycles. The molecule has 1 aromatic rings. The van der Waals surface area contributed by atoms with Crippen molar-refractivity contribution in [3.63, 3.8) is 0 Å². The van der Waals surface area contributed by atoms with E-state index in [4.69, 9.17) is 10.5 Å². The minimum absolute atomic E-state index is 0.0869. The zero-order valence-corrected chi connectivity index (χ0v) is 10.5. The minimum atomic E-state index is -0.697. The summed E-state index contributed by atoms with van der Waals surface area (Å²) < 4.78 is 9.63. The topological polar surface area (TPSA) is 124 Å². The lowest BCUT2D eigenvalue weighted by Gasteiger charge is -2.33. The third-order valence-corrected chi connectivity index (χ3v) is 2.76. The van der Waals surface area contributed by atoms with E-state index in [0.29, 0.717) is 13.2 Å². The van der Waals surface area contributed by atoms with Crippen LogP contribution in [0.5, 0.6) is 0 Å². The lowest BCUT2D eigenvalue weighted by molar-refractivity contribution is -0.130. The first-order chi connectivity index (χ1) is 9.15. The average Bonchev–Trinajstić information content (AvgIpc) is 2.84. The van der Waals surface area contributed by atoms with Crippen molar-refractivity contribution in [3.05, 3.63) is 5.69 Å². The van der Waals surface area contributed by atoms with Gasteiger partial charge < -0.3 is 20.7 Å². The summed E-state index contributed by atoms with van der Waals surface area (Å²) >= 11 is 0. The summed E-state index contributed by atoms with van der Waals surface area (Å²) in [7, 11) is 0.